The quantitative estimate of drug-likeness (QED) is 0.836. The van der Waals surface area contributed by atoms with Crippen molar-refractivity contribution in [2.24, 2.45) is 0 Å². The summed E-state index contributed by atoms with van der Waals surface area (Å²) in [6, 6.07) is 5.53. The molecule has 0 radical (unpaired) electrons. The fraction of sp³-hybridized carbons (Fsp3) is 0.182. The molecular weight excluding hydrogens is 258 g/mol. The summed E-state index contributed by atoms with van der Waals surface area (Å²) < 4.78 is 5.10. The van der Waals surface area contributed by atoms with Gasteiger partial charge in [-0.05, 0) is 29.4 Å². The molecule has 3 nitrogen and oxygen atoms in total. The maximum absolute atomic E-state index is 11.2. The van der Waals surface area contributed by atoms with Gasteiger partial charge in [0.1, 0.15) is 5.75 Å². The Morgan fingerprint density at radius 3 is 2.87 bits per heavy atom. The van der Waals surface area contributed by atoms with Gasteiger partial charge < -0.3 is 10.1 Å². The Morgan fingerprint density at radius 1 is 1.53 bits per heavy atom. The van der Waals surface area contributed by atoms with Gasteiger partial charge >= 0.3 is 5.91 Å². The summed E-state index contributed by atoms with van der Waals surface area (Å²) in [5.74, 6) is 2.56. The third-order valence-corrected chi connectivity index (χ3v) is 1.96. The smallest absolute Gasteiger partial charge is 0.301 e. The maximum Gasteiger partial charge on any atom is 0.301 e. The van der Waals surface area contributed by atoms with E-state index in [0.717, 1.165) is 5.56 Å². The average molecular weight is 268 g/mol. The van der Waals surface area contributed by atoms with Crippen LogP contribution in [0.4, 0.5) is 5.69 Å². The van der Waals surface area contributed by atoms with Gasteiger partial charge in [-0.15, -0.1) is 0 Å². The second-order valence-electron chi connectivity index (χ2n) is 2.88. The molecule has 0 aromatic heterocycles. The lowest BCUT2D eigenvalue weighted by Crippen LogP contribution is -2.09. The number of halogens is 1. The summed E-state index contributed by atoms with van der Waals surface area (Å²) in [4.78, 5) is 13.6. The van der Waals surface area contributed by atoms with E-state index in [2.05, 4.69) is 32.0 Å². The monoisotopic (exact) mass is 267 g/mol. The zero-order chi connectivity index (χ0) is 11.3. The molecule has 0 atom stereocenters. The number of anilines is 1. The fourth-order valence-electron chi connectivity index (χ4n) is 1.12. The van der Waals surface area contributed by atoms with E-state index in [1.165, 1.54) is 0 Å². The predicted octanol–water partition coefficient (Wildman–Crippen LogP) is 2.30. The average Bonchev–Trinajstić information content (AvgIpc) is 2.18. The van der Waals surface area contributed by atoms with Crippen molar-refractivity contribution in [3.8, 4) is 16.5 Å². The molecule has 15 heavy (non-hydrogen) atoms. The Balaban J connectivity index is 2.95. The lowest BCUT2D eigenvalue weighted by atomic mass is 10.2. The van der Waals surface area contributed by atoms with E-state index < -0.39 is 0 Å². The number of rotatable bonds is 2. The topological polar surface area (TPSA) is 38.3 Å². The highest BCUT2D eigenvalue weighted by Gasteiger charge is 2.05. The van der Waals surface area contributed by atoms with E-state index >= 15 is 0 Å². The third-order valence-electron chi connectivity index (χ3n) is 1.76. The minimum absolute atomic E-state index is 0.379. The first-order valence-corrected chi connectivity index (χ1v) is 5.04. The number of ether oxygens (including phenoxy) is 1. The number of amides is 1. The van der Waals surface area contributed by atoms with Gasteiger partial charge in [0, 0.05) is 21.9 Å². The minimum Gasteiger partial charge on any atom is -0.495 e. The van der Waals surface area contributed by atoms with Gasteiger partial charge in [-0.1, -0.05) is 6.07 Å². The maximum atomic E-state index is 11.2. The van der Waals surface area contributed by atoms with Crippen LogP contribution in [0.25, 0.3) is 0 Å². The number of carbonyl (C=O) groups is 1. The minimum atomic E-state index is -0.379. The van der Waals surface area contributed by atoms with Crippen LogP contribution in [0.5, 0.6) is 5.75 Å². The molecule has 0 unspecified atom stereocenters. The number of hydrogen-bond donors (Lipinski definition) is 1. The van der Waals surface area contributed by atoms with Crippen LogP contribution >= 0.6 is 15.9 Å². The number of nitrogens with one attached hydrogen (secondary N) is 1. The van der Waals surface area contributed by atoms with Crippen LogP contribution in [0.1, 0.15) is 5.56 Å². The number of benzene rings is 1. The molecule has 0 aliphatic rings. The first-order chi connectivity index (χ1) is 7.17. The normalized spacial score (nSPS) is 8.73. The Bertz CT molecular complexity index is 432. The molecule has 0 aliphatic heterocycles. The molecule has 1 aromatic carbocycles. The van der Waals surface area contributed by atoms with Crippen LogP contribution in [0.2, 0.25) is 0 Å². The van der Waals surface area contributed by atoms with Crippen molar-refractivity contribution in [3.05, 3.63) is 23.8 Å². The molecule has 0 bridgehead atoms. The molecule has 0 fully saturated rings. The summed E-state index contributed by atoms with van der Waals surface area (Å²) in [6.07, 6.45) is 0. The highest BCUT2D eigenvalue weighted by molar-refractivity contribution is 9.12. The zero-order valence-electron chi connectivity index (χ0n) is 8.43. The van der Waals surface area contributed by atoms with E-state index in [4.69, 9.17) is 4.74 Å². The van der Waals surface area contributed by atoms with Crippen LogP contribution in [0.15, 0.2) is 18.2 Å². The molecule has 0 saturated carbocycles. The van der Waals surface area contributed by atoms with Gasteiger partial charge in [0.25, 0.3) is 0 Å². The van der Waals surface area contributed by atoms with Crippen LogP contribution < -0.4 is 10.1 Å². The second-order valence-corrected chi connectivity index (χ2v) is 3.27. The highest BCUT2D eigenvalue weighted by Crippen LogP contribution is 2.24. The molecule has 0 spiro atoms. The van der Waals surface area contributed by atoms with Crippen molar-refractivity contribution in [2.75, 3.05) is 12.4 Å². The second kappa shape index (κ2) is 5.42. The standard InChI is InChI=1S/C11H10BrNO2/c1-8-3-4-10(15-2)9(7-8)13-11(14)5-6-12/h3-4,7H,1-2H3,(H,13,14). The Labute approximate surface area is 96.9 Å². The van der Waals surface area contributed by atoms with Gasteiger partial charge in [-0.2, -0.15) is 0 Å². The summed E-state index contributed by atoms with van der Waals surface area (Å²) in [7, 11) is 1.55. The molecule has 4 heteroatoms. The van der Waals surface area contributed by atoms with Gasteiger partial charge in [-0.25, -0.2) is 0 Å². The van der Waals surface area contributed by atoms with Crippen molar-refractivity contribution in [3.63, 3.8) is 0 Å². The summed E-state index contributed by atoms with van der Waals surface area (Å²) in [5.41, 5.74) is 1.66. The number of carbonyl (C=O) groups excluding carboxylic acids is 1. The fourth-order valence-corrected chi connectivity index (χ4v) is 1.30. The first kappa shape index (κ1) is 11.6. The Morgan fingerprint density at radius 2 is 2.27 bits per heavy atom. The number of methoxy groups -OCH3 is 1. The van der Waals surface area contributed by atoms with Crippen molar-refractivity contribution >= 4 is 27.5 Å². The molecule has 1 amide bonds. The largest absolute Gasteiger partial charge is 0.495 e. The Kier molecular flexibility index (Phi) is 4.19. The molecule has 1 N–H and O–H groups in total. The lowest BCUT2D eigenvalue weighted by Gasteiger charge is -2.08. The first-order valence-electron chi connectivity index (χ1n) is 4.24. The van der Waals surface area contributed by atoms with Gasteiger partial charge in [0.05, 0.1) is 12.8 Å². The van der Waals surface area contributed by atoms with Crippen molar-refractivity contribution in [1.29, 1.82) is 0 Å². The lowest BCUT2D eigenvalue weighted by molar-refractivity contribution is -0.111. The predicted molar refractivity (Wildman–Crippen MR) is 63.1 cm³/mol. The molecule has 0 saturated heterocycles. The van der Waals surface area contributed by atoms with Crippen molar-refractivity contribution in [1.82, 2.24) is 0 Å². The molecule has 0 heterocycles. The van der Waals surface area contributed by atoms with E-state index in [0.29, 0.717) is 11.4 Å². The summed E-state index contributed by atoms with van der Waals surface area (Å²) in [5, 5.41) is 2.64. The van der Waals surface area contributed by atoms with Gasteiger partial charge in [-0.3, -0.25) is 4.79 Å². The number of aryl methyl sites for hydroxylation is 1. The van der Waals surface area contributed by atoms with Gasteiger partial charge in [0.2, 0.25) is 0 Å². The van der Waals surface area contributed by atoms with Crippen LogP contribution in [0.3, 0.4) is 0 Å². The molecule has 1 aromatic rings. The molecular formula is C11H10BrNO2. The van der Waals surface area contributed by atoms with E-state index in [-0.39, 0.29) is 5.91 Å². The molecule has 0 aliphatic carbocycles. The van der Waals surface area contributed by atoms with Gasteiger partial charge in [0.15, 0.2) is 0 Å². The van der Waals surface area contributed by atoms with Crippen molar-refractivity contribution in [2.45, 2.75) is 6.92 Å². The Hall–Kier alpha value is -1.47. The van der Waals surface area contributed by atoms with Crippen molar-refractivity contribution < 1.29 is 9.53 Å². The molecule has 1 rings (SSSR count). The van der Waals surface area contributed by atoms with Crippen LogP contribution in [0, 0.1) is 17.7 Å². The zero-order valence-corrected chi connectivity index (χ0v) is 10.0. The van der Waals surface area contributed by atoms with Crippen LogP contribution in [-0.4, -0.2) is 13.0 Å². The third kappa shape index (κ3) is 3.30. The summed E-state index contributed by atoms with van der Waals surface area (Å²) in [6.45, 7) is 1.94. The van der Waals surface area contributed by atoms with E-state index in [1.807, 2.05) is 19.1 Å². The SMILES string of the molecule is COc1ccc(C)cc1NC(=O)C#CBr. The van der Waals surface area contributed by atoms with Crippen LogP contribution in [-0.2, 0) is 4.79 Å². The summed E-state index contributed by atoms with van der Waals surface area (Å²) >= 11 is 2.86. The highest BCUT2D eigenvalue weighted by atomic mass is 79.9. The van der Waals surface area contributed by atoms with E-state index in [9.17, 15) is 4.79 Å². The van der Waals surface area contributed by atoms with E-state index in [1.54, 1.807) is 13.2 Å². The number of hydrogen-bond acceptors (Lipinski definition) is 2. The molecule has 78 valence electrons.